The van der Waals surface area contributed by atoms with Crippen molar-refractivity contribution >= 4 is 0 Å². The maximum Gasteiger partial charge on any atom is 0.123 e. The molecule has 0 spiro atoms. The van der Waals surface area contributed by atoms with Crippen LogP contribution in [0.2, 0.25) is 0 Å². The second kappa shape index (κ2) is 9.91. The Morgan fingerprint density at radius 2 is 1.86 bits per heavy atom. The average molecular weight is 295 g/mol. The molecule has 3 heteroatoms. The van der Waals surface area contributed by atoms with Crippen molar-refractivity contribution in [3.8, 4) is 0 Å². The maximum absolute atomic E-state index is 13.4. The standard InChI is InChI=1S/C18H30FNO/c1-14(2)11-20-12-17(8-9-21-13-15(3)4)16-6-5-7-18(19)10-16/h5-7,10,14-15,17,20H,8-9,11-13H2,1-4H3. The highest BCUT2D eigenvalue weighted by Crippen LogP contribution is 2.20. The van der Waals surface area contributed by atoms with Gasteiger partial charge in [0.1, 0.15) is 5.82 Å². The Labute approximate surface area is 129 Å². The lowest BCUT2D eigenvalue weighted by atomic mass is 9.95. The Balaban J connectivity index is 2.53. The fraction of sp³-hybridized carbons (Fsp3) is 0.667. The summed E-state index contributed by atoms with van der Waals surface area (Å²) >= 11 is 0. The molecular weight excluding hydrogens is 265 g/mol. The molecule has 0 amide bonds. The first-order valence-corrected chi connectivity index (χ1v) is 8.03. The molecule has 21 heavy (non-hydrogen) atoms. The highest BCUT2D eigenvalue weighted by Gasteiger charge is 2.12. The van der Waals surface area contributed by atoms with Gasteiger partial charge in [0.15, 0.2) is 0 Å². The molecule has 1 aromatic carbocycles. The third-order valence-electron chi connectivity index (χ3n) is 3.33. The Morgan fingerprint density at radius 3 is 2.48 bits per heavy atom. The van der Waals surface area contributed by atoms with Gasteiger partial charge in [-0.25, -0.2) is 4.39 Å². The highest BCUT2D eigenvalue weighted by atomic mass is 19.1. The average Bonchev–Trinajstić information content (AvgIpc) is 2.40. The van der Waals surface area contributed by atoms with Crippen LogP contribution in [0.1, 0.15) is 45.6 Å². The van der Waals surface area contributed by atoms with Gasteiger partial charge in [0, 0.05) is 19.8 Å². The Hall–Kier alpha value is -0.930. The van der Waals surface area contributed by atoms with Crippen LogP contribution in [0.25, 0.3) is 0 Å². The number of nitrogens with one attached hydrogen (secondary N) is 1. The molecule has 0 aliphatic rings. The lowest BCUT2D eigenvalue weighted by Crippen LogP contribution is -2.26. The van der Waals surface area contributed by atoms with Crippen LogP contribution in [0.4, 0.5) is 4.39 Å². The molecule has 1 N–H and O–H groups in total. The molecule has 1 atom stereocenters. The molecule has 0 heterocycles. The van der Waals surface area contributed by atoms with Gasteiger partial charge in [0.2, 0.25) is 0 Å². The summed E-state index contributed by atoms with van der Waals surface area (Å²) < 4.78 is 19.1. The maximum atomic E-state index is 13.4. The molecule has 120 valence electrons. The van der Waals surface area contributed by atoms with Crippen molar-refractivity contribution in [1.82, 2.24) is 5.32 Å². The number of halogens is 1. The summed E-state index contributed by atoms with van der Waals surface area (Å²) in [6, 6.07) is 6.93. The molecule has 0 aromatic heterocycles. The summed E-state index contributed by atoms with van der Waals surface area (Å²) in [4.78, 5) is 0. The van der Waals surface area contributed by atoms with Gasteiger partial charge in [-0.1, -0.05) is 39.8 Å². The predicted octanol–water partition coefficient (Wildman–Crippen LogP) is 4.22. The molecular formula is C18H30FNO. The predicted molar refractivity (Wildman–Crippen MR) is 87.1 cm³/mol. The van der Waals surface area contributed by atoms with Crippen molar-refractivity contribution in [2.45, 2.75) is 40.0 Å². The molecule has 0 fully saturated rings. The van der Waals surface area contributed by atoms with Crippen LogP contribution in [0.3, 0.4) is 0 Å². The highest BCUT2D eigenvalue weighted by molar-refractivity contribution is 5.21. The van der Waals surface area contributed by atoms with Crippen molar-refractivity contribution in [2.24, 2.45) is 11.8 Å². The lowest BCUT2D eigenvalue weighted by Gasteiger charge is -2.19. The van der Waals surface area contributed by atoms with E-state index in [2.05, 4.69) is 33.0 Å². The molecule has 0 bridgehead atoms. The van der Waals surface area contributed by atoms with Crippen molar-refractivity contribution < 1.29 is 9.13 Å². The number of benzene rings is 1. The van der Waals surface area contributed by atoms with Crippen molar-refractivity contribution in [2.75, 3.05) is 26.3 Å². The van der Waals surface area contributed by atoms with Crippen LogP contribution in [-0.2, 0) is 4.74 Å². The van der Waals surface area contributed by atoms with Crippen LogP contribution in [0.5, 0.6) is 0 Å². The van der Waals surface area contributed by atoms with Gasteiger partial charge in [0.25, 0.3) is 0 Å². The van der Waals surface area contributed by atoms with E-state index in [0.29, 0.717) is 17.8 Å². The van der Waals surface area contributed by atoms with Crippen LogP contribution in [0.15, 0.2) is 24.3 Å². The van der Waals surface area contributed by atoms with E-state index >= 15 is 0 Å². The van der Waals surface area contributed by atoms with E-state index in [1.54, 1.807) is 12.1 Å². The second-order valence-corrected chi connectivity index (χ2v) is 6.56. The monoisotopic (exact) mass is 295 g/mol. The lowest BCUT2D eigenvalue weighted by molar-refractivity contribution is 0.103. The largest absolute Gasteiger partial charge is 0.381 e. The number of ether oxygens (including phenoxy) is 1. The summed E-state index contributed by atoms with van der Waals surface area (Å²) in [5.41, 5.74) is 1.06. The SMILES string of the molecule is CC(C)CNCC(CCOCC(C)C)c1cccc(F)c1. The zero-order valence-corrected chi connectivity index (χ0v) is 13.9. The smallest absolute Gasteiger partial charge is 0.123 e. The van der Waals surface area contributed by atoms with E-state index in [-0.39, 0.29) is 5.82 Å². The summed E-state index contributed by atoms with van der Waals surface area (Å²) in [5, 5.41) is 3.47. The van der Waals surface area contributed by atoms with Gasteiger partial charge in [-0.05, 0) is 48.4 Å². The van der Waals surface area contributed by atoms with Crippen molar-refractivity contribution in [1.29, 1.82) is 0 Å². The van der Waals surface area contributed by atoms with Crippen LogP contribution >= 0.6 is 0 Å². The molecule has 2 nitrogen and oxygen atoms in total. The van der Waals surface area contributed by atoms with Crippen molar-refractivity contribution in [3.63, 3.8) is 0 Å². The Bertz CT molecular complexity index is 393. The first-order chi connectivity index (χ1) is 9.99. The quantitative estimate of drug-likeness (QED) is 0.653. The molecule has 0 saturated heterocycles. The number of rotatable bonds is 10. The normalized spacial score (nSPS) is 13.1. The Morgan fingerprint density at radius 1 is 1.10 bits per heavy atom. The van der Waals surface area contributed by atoms with Gasteiger partial charge >= 0.3 is 0 Å². The molecule has 1 unspecified atom stereocenters. The Kier molecular flexibility index (Phi) is 8.55. The molecule has 0 aliphatic heterocycles. The minimum Gasteiger partial charge on any atom is -0.381 e. The van der Waals surface area contributed by atoms with Gasteiger partial charge in [-0.3, -0.25) is 0 Å². The van der Waals surface area contributed by atoms with E-state index in [0.717, 1.165) is 38.3 Å². The van der Waals surface area contributed by atoms with Gasteiger partial charge in [-0.15, -0.1) is 0 Å². The number of hydrogen-bond donors (Lipinski definition) is 1. The zero-order valence-electron chi connectivity index (χ0n) is 13.9. The minimum absolute atomic E-state index is 0.163. The fourth-order valence-electron chi connectivity index (χ4n) is 2.24. The van der Waals surface area contributed by atoms with E-state index in [9.17, 15) is 4.39 Å². The summed E-state index contributed by atoms with van der Waals surface area (Å²) in [7, 11) is 0. The third-order valence-corrected chi connectivity index (χ3v) is 3.33. The summed E-state index contributed by atoms with van der Waals surface area (Å²) in [6.07, 6.45) is 0.918. The van der Waals surface area contributed by atoms with E-state index in [4.69, 9.17) is 4.74 Å². The van der Waals surface area contributed by atoms with Gasteiger partial charge < -0.3 is 10.1 Å². The topological polar surface area (TPSA) is 21.3 Å². The number of hydrogen-bond acceptors (Lipinski definition) is 2. The third kappa shape index (κ3) is 8.18. The summed E-state index contributed by atoms with van der Waals surface area (Å²) in [6.45, 7) is 12.0. The minimum atomic E-state index is -0.163. The van der Waals surface area contributed by atoms with Crippen LogP contribution in [-0.4, -0.2) is 26.3 Å². The molecule has 1 aromatic rings. The molecule has 1 rings (SSSR count). The molecule has 0 saturated carbocycles. The van der Waals surface area contributed by atoms with Crippen LogP contribution < -0.4 is 5.32 Å². The molecule has 0 aliphatic carbocycles. The van der Waals surface area contributed by atoms with E-state index in [1.807, 2.05) is 6.07 Å². The van der Waals surface area contributed by atoms with Gasteiger partial charge in [0.05, 0.1) is 0 Å². The first-order valence-electron chi connectivity index (χ1n) is 8.03. The first kappa shape index (κ1) is 18.1. The summed E-state index contributed by atoms with van der Waals surface area (Å²) in [5.74, 6) is 1.31. The van der Waals surface area contributed by atoms with E-state index in [1.165, 1.54) is 6.07 Å². The van der Waals surface area contributed by atoms with Crippen molar-refractivity contribution in [3.05, 3.63) is 35.6 Å². The fourth-order valence-corrected chi connectivity index (χ4v) is 2.24. The van der Waals surface area contributed by atoms with E-state index < -0.39 is 0 Å². The molecule has 0 radical (unpaired) electrons. The zero-order chi connectivity index (χ0) is 15.7. The second-order valence-electron chi connectivity index (χ2n) is 6.56. The van der Waals surface area contributed by atoms with Crippen LogP contribution in [0, 0.1) is 17.7 Å². The van der Waals surface area contributed by atoms with Gasteiger partial charge in [-0.2, -0.15) is 0 Å².